The van der Waals surface area contributed by atoms with Crippen LogP contribution in [-0.4, -0.2) is 46.4 Å². The average molecular weight is 377 g/mol. The van der Waals surface area contributed by atoms with Crippen LogP contribution >= 0.6 is 11.6 Å². The van der Waals surface area contributed by atoms with Crippen molar-refractivity contribution in [3.8, 4) is 5.75 Å². The van der Waals surface area contributed by atoms with Crippen LogP contribution in [0.4, 0.5) is 5.69 Å². The van der Waals surface area contributed by atoms with Crippen molar-refractivity contribution >= 4 is 29.1 Å². The number of amides is 2. The summed E-state index contributed by atoms with van der Waals surface area (Å²) in [6, 6.07) is 4.80. The van der Waals surface area contributed by atoms with Gasteiger partial charge in [0.2, 0.25) is 0 Å². The molecular formula is C18H21ClN4O3. The van der Waals surface area contributed by atoms with E-state index in [1.807, 2.05) is 13.8 Å². The Bertz CT molecular complexity index is 777. The van der Waals surface area contributed by atoms with Crippen LogP contribution in [0.25, 0.3) is 0 Å². The number of halogens is 1. The number of nitrogens with one attached hydrogen (secondary N) is 1. The number of likely N-dealkylation sites (N-methyl/N-ethyl adjacent to an activating group) is 1. The number of benzene rings is 1. The average Bonchev–Trinajstić information content (AvgIpc) is 2.62. The highest BCUT2D eigenvalue weighted by molar-refractivity contribution is 6.32. The van der Waals surface area contributed by atoms with Gasteiger partial charge in [-0.3, -0.25) is 14.6 Å². The van der Waals surface area contributed by atoms with Gasteiger partial charge in [0.1, 0.15) is 11.4 Å². The molecule has 0 aliphatic heterocycles. The molecule has 26 heavy (non-hydrogen) atoms. The maximum absolute atomic E-state index is 12.1. The first kappa shape index (κ1) is 19.7. The lowest BCUT2D eigenvalue weighted by atomic mass is 10.3. The fourth-order valence-electron chi connectivity index (χ4n) is 2.21. The Labute approximate surface area is 157 Å². The third kappa shape index (κ3) is 5.16. The summed E-state index contributed by atoms with van der Waals surface area (Å²) in [7, 11) is 0. The molecule has 0 unspecified atom stereocenters. The van der Waals surface area contributed by atoms with Gasteiger partial charge in [-0.25, -0.2) is 4.98 Å². The summed E-state index contributed by atoms with van der Waals surface area (Å²) in [6.45, 7) is 6.76. The van der Waals surface area contributed by atoms with E-state index in [1.54, 1.807) is 30.0 Å². The molecular weight excluding hydrogens is 356 g/mol. The second-order valence-corrected chi connectivity index (χ2v) is 5.90. The molecule has 2 amide bonds. The Morgan fingerprint density at radius 3 is 2.50 bits per heavy atom. The van der Waals surface area contributed by atoms with E-state index in [0.29, 0.717) is 29.5 Å². The Hall–Kier alpha value is -2.67. The molecule has 8 heteroatoms. The SMILES string of the molecule is CCN(CC)C(=O)COc1ccc(NC(=O)c2cnc(C)cn2)cc1Cl. The third-order valence-corrected chi connectivity index (χ3v) is 3.97. The first-order valence-corrected chi connectivity index (χ1v) is 8.62. The third-order valence-electron chi connectivity index (χ3n) is 3.67. The van der Waals surface area contributed by atoms with Gasteiger partial charge in [0.15, 0.2) is 6.61 Å². The minimum absolute atomic E-state index is 0.0912. The van der Waals surface area contributed by atoms with Crippen molar-refractivity contribution < 1.29 is 14.3 Å². The number of rotatable bonds is 7. The maximum atomic E-state index is 12.1. The lowest BCUT2D eigenvalue weighted by Gasteiger charge is -2.19. The highest BCUT2D eigenvalue weighted by Crippen LogP contribution is 2.28. The Morgan fingerprint density at radius 2 is 1.92 bits per heavy atom. The molecule has 0 radical (unpaired) electrons. The number of aryl methyl sites for hydroxylation is 1. The summed E-state index contributed by atoms with van der Waals surface area (Å²) in [4.78, 5) is 33.8. The van der Waals surface area contributed by atoms with Gasteiger partial charge >= 0.3 is 0 Å². The number of anilines is 1. The summed E-state index contributed by atoms with van der Waals surface area (Å²) < 4.78 is 5.48. The lowest BCUT2D eigenvalue weighted by molar-refractivity contribution is -0.132. The predicted molar refractivity (Wildman–Crippen MR) is 99.6 cm³/mol. The maximum Gasteiger partial charge on any atom is 0.275 e. The normalized spacial score (nSPS) is 10.3. The first-order chi connectivity index (χ1) is 12.4. The van der Waals surface area contributed by atoms with E-state index >= 15 is 0 Å². The number of carbonyl (C=O) groups is 2. The van der Waals surface area contributed by atoms with Crippen molar-refractivity contribution in [1.82, 2.24) is 14.9 Å². The lowest BCUT2D eigenvalue weighted by Crippen LogP contribution is -2.34. The predicted octanol–water partition coefficient (Wildman–Crippen LogP) is 2.94. The molecule has 0 saturated carbocycles. The Morgan fingerprint density at radius 1 is 1.19 bits per heavy atom. The highest BCUT2D eigenvalue weighted by atomic mass is 35.5. The van der Waals surface area contributed by atoms with Crippen molar-refractivity contribution in [1.29, 1.82) is 0 Å². The van der Waals surface area contributed by atoms with Gasteiger partial charge in [-0.05, 0) is 39.0 Å². The van der Waals surface area contributed by atoms with Crippen LogP contribution < -0.4 is 10.1 Å². The monoisotopic (exact) mass is 376 g/mol. The van der Waals surface area contributed by atoms with E-state index in [9.17, 15) is 9.59 Å². The minimum atomic E-state index is -0.390. The molecule has 0 spiro atoms. The number of hydrogen-bond donors (Lipinski definition) is 1. The molecule has 2 rings (SSSR count). The van der Waals surface area contributed by atoms with Gasteiger partial charge in [-0.2, -0.15) is 0 Å². The molecule has 1 aromatic carbocycles. The molecule has 138 valence electrons. The fraction of sp³-hybridized carbons (Fsp3) is 0.333. The first-order valence-electron chi connectivity index (χ1n) is 8.24. The summed E-state index contributed by atoms with van der Waals surface area (Å²) in [5.41, 5.74) is 1.42. The van der Waals surface area contributed by atoms with Crippen LogP contribution in [0.2, 0.25) is 5.02 Å². The van der Waals surface area contributed by atoms with Crippen molar-refractivity contribution in [3.63, 3.8) is 0 Å². The van der Waals surface area contributed by atoms with E-state index in [-0.39, 0.29) is 24.1 Å². The van der Waals surface area contributed by atoms with Crippen molar-refractivity contribution in [2.75, 3.05) is 25.0 Å². The number of hydrogen-bond acceptors (Lipinski definition) is 5. The molecule has 0 fully saturated rings. The zero-order valence-electron chi connectivity index (χ0n) is 15.0. The van der Waals surface area contributed by atoms with Crippen molar-refractivity contribution in [3.05, 3.63) is 47.0 Å². The second-order valence-electron chi connectivity index (χ2n) is 5.50. The highest BCUT2D eigenvalue weighted by Gasteiger charge is 2.13. The summed E-state index contributed by atoms with van der Waals surface area (Å²) in [5, 5.41) is 2.99. The van der Waals surface area contributed by atoms with Gasteiger partial charge in [0, 0.05) is 25.0 Å². The van der Waals surface area contributed by atoms with Crippen molar-refractivity contribution in [2.45, 2.75) is 20.8 Å². The van der Waals surface area contributed by atoms with Gasteiger partial charge in [-0.15, -0.1) is 0 Å². The topological polar surface area (TPSA) is 84.4 Å². The molecule has 0 aliphatic rings. The van der Waals surface area contributed by atoms with Gasteiger partial charge in [0.05, 0.1) is 16.9 Å². The van der Waals surface area contributed by atoms with Gasteiger partial charge < -0.3 is 15.0 Å². The fourth-order valence-corrected chi connectivity index (χ4v) is 2.44. The van der Waals surface area contributed by atoms with E-state index in [0.717, 1.165) is 5.69 Å². The Balaban J connectivity index is 1.99. The largest absolute Gasteiger partial charge is 0.482 e. The number of aromatic nitrogens is 2. The molecule has 0 saturated heterocycles. The molecule has 1 heterocycles. The number of ether oxygens (including phenoxy) is 1. The van der Waals surface area contributed by atoms with Crippen molar-refractivity contribution in [2.24, 2.45) is 0 Å². The van der Waals surface area contributed by atoms with Crippen LogP contribution in [0, 0.1) is 6.92 Å². The summed E-state index contributed by atoms with van der Waals surface area (Å²) in [6.07, 6.45) is 2.92. The van der Waals surface area contributed by atoms with Gasteiger partial charge in [-0.1, -0.05) is 11.6 Å². The number of nitrogens with zero attached hydrogens (tertiary/aromatic N) is 3. The van der Waals surface area contributed by atoms with Crippen LogP contribution in [0.5, 0.6) is 5.75 Å². The molecule has 1 N–H and O–H groups in total. The number of carbonyl (C=O) groups excluding carboxylic acids is 2. The second kappa shape index (κ2) is 9.15. The molecule has 0 bridgehead atoms. The van der Waals surface area contributed by atoms with Crippen LogP contribution in [0.3, 0.4) is 0 Å². The summed E-state index contributed by atoms with van der Waals surface area (Å²) in [5.74, 6) is -0.124. The standard InChI is InChI=1S/C18H21ClN4O3/c1-4-23(5-2)17(24)11-26-16-7-6-13(8-14(16)19)22-18(25)15-10-20-12(3)9-21-15/h6-10H,4-5,11H2,1-3H3,(H,22,25). The molecule has 0 atom stereocenters. The Kier molecular flexibility index (Phi) is 6.91. The van der Waals surface area contributed by atoms with Crippen LogP contribution in [0.1, 0.15) is 30.0 Å². The van der Waals surface area contributed by atoms with E-state index < -0.39 is 0 Å². The van der Waals surface area contributed by atoms with Crippen LogP contribution in [-0.2, 0) is 4.79 Å². The van der Waals surface area contributed by atoms with E-state index in [2.05, 4.69) is 15.3 Å². The van der Waals surface area contributed by atoms with Crippen LogP contribution in [0.15, 0.2) is 30.6 Å². The molecule has 7 nitrogen and oxygen atoms in total. The minimum Gasteiger partial charge on any atom is -0.482 e. The van der Waals surface area contributed by atoms with E-state index in [1.165, 1.54) is 12.4 Å². The summed E-state index contributed by atoms with van der Waals surface area (Å²) >= 11 is 6.18. The zero-order valence-corrected chi connectivity index (χ0v) is 15.7. The quantitative estimate of drug-likeness (QED) is 0.803. The molecule has 0 aliphatic carbocycles. The van der Waals surface area contributed by atoms with E-state index in [4.69, 9.17) is 16.3 Å². The van der Waals surface area contributed by atoms with Gasteiger partial charge in [0.25, 0.3) is 11.8 Å². The molecule has 2 aromatic rings. The molecule has 1 aromatic heterocycles. The zero-order chi connectivity index (χ0) is 19.1. The smallest absolute Gasteiger partial charge is 0.275 e.